The number of hydrogen-bond acceptors (Lipinski definition) is 2. The van der Waals surface area contributed by atoms with E-state index in [4.69, 9.17) is 0 Å². The van der Waals surface area contributed by atoms with Crippen LogP contribution >= 0.6 is 0 Å². The molecule has 0 spiro atoms. The van der Waals surface area contributed by atoms with Crippen molar-refractivity contribution in [2.45, 2.75) is 71.9 Å². The first-order valence-corrected chi connectivity index (χ1v) is 7.25. The highest BCUT2D eigenvalue weighted by molar-refractivity contribution is 5.89. The van der Waals surface area contributed by atoms with E-state index in [0.717, 1.165) is 18.9 Å². The lowest BCUT2D eigenvalue weighted by Crippen LogP contribution is -2.45. The Morgan fingerprint density at radius 3 is 2.47 bits per heavy atom. The minimum Gasteiger partial charge on any atom is -0.297 e. The number of likely N-dealkylation sites (N-methyl/N-ethyl adjacent to an activating group) is 1. The van der Waals surface area contributed by atoms with Crippen LogP contribution in [0.25, 0.3) is 0 Å². The Labute approximate surface area is 106 Å². The third kappa shape index (κ3) is 2.42. The minimum absolute atomic E-state index is 0.189. The van der Waals surface area contributed by atoms with Gasteiger partial charge in [-0.05, 0) is 31.7 Å². The predicted molar refractivity (Wildman–Crippen MR) is 71.0 cm³/mol. The molecule has 0 aromatic heterocycles. The highest BCUT2D eigenvalue weighted by Gasteiger charge is 2.46. The topological polar surface area (TPSA) is 20.3 Å². The van der Waals surface area contributed by atoms with Gasteiger partial charge in [0.05, 0.1) is 6.04 Å². The third-order valence-corrected chi connectivity index (χ3v) is 4.63. The van der Waals surface area contributed by atoms with Gasteiger partial charge < -0.3 is 0 Å². The normalized spacial score (nSPS) is 34.7. The van der Waals surface area contributed by atoms with Gasteiger partial charge in [-0.2, -0.15) is 0 Å². The molecule has 1 saturated heterocycles. The van der Waals surface area contributed by atoms with Gasteiger partial charge in [-0.3, -0.25) is 9.69 Å². The van der Waals surface area contributed by atoms with E-state index in [1.165, 1.54) is 25.7 Å². The molecule has 0 bridgehead atoms. The Bertz CT molecular complexity index is 292. The molecule has 1 aliphatic carbocycles. The molecule has 2 nitrogen and oxygen atoms in total. The fourth-order valence-electron chi connectivity index (χ4n) is 3.77. The first-order valence-electron chi connectivity index (χ1n) is 7.25. The van der Waals surface area contributed by atoms with Gasteiger partial charge in [0, 0.05) is 11.5 Å². The van der Waals surface area contributed by atoms with E-state index in [2.05, 4.69) is 32.6 Å². The molecule has 1 saturated carbocycles. The van der Waals surface area contributed by atoms with Gasteiger partial charge in [-0.25, -0.2) is 0 Å². The lowest BCUT2D eigenvalue weighted by atomic mass is 9.82. The Kier molecular flexibility index (Phi) is 3.63. The van der Waals surface area contributed by atoms with Crippen molar-refractivity contribution in [2.24, 2.45) is 11.3 Å². The molecule has 0 aromatic carbocycles. The Morgan fingerprint density at radius 2 is 1.88 bits per heavy atom. The zero-order valence-electron chi connectivity index (χ0n) is 11.8. The summed E-state index contributed by atoms with van der Waals surface area (Å²) in [5.74, 6) is 1.24. The molecule has 2 fully saturated rings. The van der Waals surface area contributed by atoms with Crippen LogP contribution in [-0.4, -0.2) is 29.3 Å². The maximum absolute atomic E-state index is 12.5. The number of carbonyl (C=O) groups is 1. The van der Waals surface area contributed by atoms with Crippen molar-refractivity contribution in [3.05, 3.63) is 0 Å². The smallest absolute Gasteiger partial charge is 0.155 e. The van der Waals surface area contributed by atoms with Crippen molar-refractivity contribution < 1.29 is 4.79 Å². The fraction of sp³-hybridized carbons (Fsp3) is 0.933. The SMILES string of the molecule is CCN1C(C(=O)C(C)(C)C)CC2CCCCC21. The molecular weight excluding hydrogens is 210 g/mol. The molecule has 0 aromatic rings. The second-order valence-corrected chi connectivity index (χ2v) is 6.81. The molecule has 0 N–H and O–H groups in total. The van der Waals surface area contributed by atoms with Crippen LogP contribution < -0.4 is 0 Å². The second-order valence-electron chi connectivity index (χ2n) is 6.81. The summed E-state index contributed by atoms with van der Waals surface area (Å²) in [5, 5.41) is 0. The number of Topliss-reactive ketones (excluding diaryl/α,β-unsaturated/α-hetero) is 1. The highest BCUT2D eigenvalue weighted by Crippen LogP contribution is 2.41. The van der Waals surface area contributed by atoms with Crippen molar-refractivity contribution in [3.8, 4) is 0 Å². The molecule has 3 atom stereocenters. The number of carbonyl (C=O) groups excluding carboxylic acids is 1. The van der Waals surface area contributed by atoms with Gasteiger partial charge in [-0.1, -0.05) is 40.5 Å². The second kappa shape index (κ2) is 4.72. The van der Waals surface area contributed by atoms with Crippen molar-refractivity contribution in [2.75, 3.05) is 6.54 Å². The van der Waals surface area contributed by atoms with Crippen LogP contribution in [0.15, 0.2) is 0 Å². The number of rotatable bonds is 2. The molecule has 0 radical (unpaired) electrons. The van der Waals surface area contributed by atoms with Gasteiger partial charge in [0.15, 0.2) is 5.78 Å². The third-order valence-electron chi connectivity index (χ3n) is 4.63. The van der Waals surface area contributed by atoms with E-state index >= 15 is 0 Å². The molecule has 3 unspecified atom stereocenters. The molecular formula is C15H27NO. The number of hydrogen-bond donors (Lipinski definition) is 0. The summed E-state index contributed by atoms with van der Waals surface area (Å²) in [6.07, 6.45) is 6.50. The number of likely N-dealkylation sites (tertiary alicyclic amines) is 1. The summed E-state index contributed by atoms with van der Waals surface area (Å²) < 4.78 is 0. The summed E-state index contributed by atoms with van der Waals surface area (Å²) in [6, 6.07) is 0.901. The first-order chi connectivity index (χ1) is 7.95. The minimum atomic E-state index is -0.189. The molecule has 1 aliphatic heterocycles. The average Bonchev–Trinajstić information content (AvgIpc) is 2.64. The highest BCUT2D eigenvalue weighted by atomic mass is 16.1. The van der Waals surface area contributed by atoms with Crippen molar-refractivity contribution in [3.63, 3.8) is 0 Å². The Morgan fingerprint density at radius 1 is 1.24 bits per heavy atom. The van der Waals surface area contributed by atoms with Crippen LogP contribution in [0.5, 0.6) is 0 Å². The van der Waals surface area contributed by atoms with Crippen molar-refractivity contribution in [1.29, 1.82) is 0 Å². The van der Waals surface area contributed by atoms with Crippen LogP contribution in [0.4, 0.5) is 0 Å². The molecule has 2 rings (SSSR count). The van der Waals surface area contributed by atoms with Crippen LogP contribution in [0.1, 0.15) is 59.8 Å². The van der Waals surface area contributed by atoms with Gasteiger partial charge in [0.2, 0.25) is 0 Å². The number of nitrogens with zero attached hydrogens (tertiary/aromatic N) is 1. The van der Waals surface area contributed by atoms with E-state index < -0.39 is 0 Å². The summed E-state index contributed by atoms with van der Waals surface area (Å²) in [6.45, 7) is 9.43. The maximum atomic E-state index is 12.5. The number of ketones is 1. The fourth-order valence-corrected chi connectivity index (χ4v) is 3.77. The molecule has 2 heteroatoms. The van der Waals surface area contributed by atoms with Gasteiger partial charge in [-0.15, -0.1) is 0 Å². The predicted octanol–water partition coefficient (Wildman–Crippen LogP) is 3.25. The number of fused-ring (bicyclic) bond motifs is 1. The first kappa shape index (κ1) is 13.1. The summed E-state index contributed by atoms with van der Waals surface area (Å²) in [4.78, 5) is 15.0. The maximum Gasteiger partial charge on any atom is 0.155 e. The van der Waals surface area contributed by atoms with Crippen LogP contribution in [0.3, 0.4) is 0 Å². The van der Waals surface area contributed by atoms with Crippen molar-refractivity contribution in [1.82, 2.24) is 4.90 Å². The molecule has 98 valence electrons. The average molecular weight is 237 g/mol. The van der Waals surface area contributed by atoms with E-state index in [1.54, 1.807) is 0 Å². The molecule has 2 aliphatic rings. The summed E-state index contributed by atoms with van der Waals surface area (Å²) >= 11 is 0. The summed E-state index contributed by atoms with van der Waals surface area (Å²) in [5.41, 5.74) is -0.189. The molecule has 17 heavy (non-hydrogen) atoms. The van der Waals surface area contributed by atoms with E-state index in [-0.39, 0.29) is 11.5 Å². The quantitative estimate of drug-likeness (QED) is 0.735. The zero-order valence-corrected chi connectivity index (χ0v) is 11.8. The van der Waals surface area contributed by atoms with Gasteiger partial charge >= 0.3 is 0 Å². The molecule has 0 amide bonds. The Hall–Kier alpha value is -0.370. The largest absolute Gasteiger partial charge is 0.297 e. The van der Waals surface area contributed by atoms with E-state index in [0.29, 0.717) is 11.8 Å². The lowest BCUT2D eigenvalue weighted by Gasteiger charge is -2.34. The zero-order chi connectivity index (χ0) is 12.6. The Balaban J connectivity index is 2.15. The summed E-state index contributed by atoms with van der Waals surface area (Å²) in [7, 11) is 0. The van der Waals surface area contributed by atoms with Crippen LogP contribution in [-0.2, 0) is 4.79 Å². The van der Waals surface area contributed by atoms with Gasteiger partial charge in [0.1, 0.15) is 0 Å². The van der Waals surface area contributed by atoms with Crippen LogP contribution in [0, 0.1) is 11.3 Å². The van der Waals surface area contributed by atoms with Crippen LogP contribution in [0.2, 0.25) is 0 Å². The monoisotopic (exact) mass is 237 g/mol. The lowest BCUT2D eigenvalue weighted by molar-refractivity contribution is -0.131. The van der Waals surface area contributed by atoms with Gasteiger partial charge in [0.25, 0.3) is 0 Å². The van der Waals surface area contributed by atoms with E-state index in [1.807, 2.05) is 0 Å². The molecule has 1 heterocycles. The standard InChI is InChI=1S/C15H27NO/c1-5-16-12-9-7-6-8-11(12)10-13(16)14(17)15(2,3)4/h11-13H,5-10H2,1-4H3. The van der Waals surface area contributed by atoms with E-state index in [9.17, 15) is 4.79 Å². The van der Waals surface area contributed by atoms with Crippen molar-refractivity contribution >= 4 is 5.78 Å².